The van der Waals surface area contributed by atoms with Crippen molar-refractivity contribution in [3.63, 3.8) is 0 Å². The van der Waals surface area contributed by atoms with Crippen LogP contribution in [0.25, 0.3) is 0 Å². The lowest BCUT2D eigenvalue weighted by molar-refractivity contribution is -0.384. The molecule has 0 fully saturated rings. The summed E-state index contributed by atoms with van der Waals surface area (Å²) in [5.41, 5.74) is 0.0303. The number of ether oxygens (including phenoxy) is 1. The summed E-state index contributed by atoms with van der Waals surface area (Å²) in [4.78, 5) is 22.5. The zero-order valence-electron chi connectivity index (χ0n) is 12.4. The number of anilines is 1. The van der Waals surface area contributed by atoms with Gasteiger partial charge in [-0.15, -0.1) is 0 Å². The molecule has 6 nitrogen and oxygen atoms in total. The maximum atomic E-state index is 12.3. The first-order valence-electron chi connectivity index (χ1n) is 6.97. The monoisotopic (exact) mass is 334 g/mol. The Kier molecular flexibility index (Phi) is 5.54. The molecule has 0 saturated carbocycles. The van der Waals surface area contributed by atoms with Crippen molar-refractivity contribution in [1.29, 1.82) is 0 Å². The van der Waals surface area contributed by atoms with Crippen LogP contribution in [0.4, 0.5) is 11.4 Å². The number of para-hydroxylation sites is 1. The maximum absolute atomic E-state index is 12.3. The van der Waals surface area contributed by atoms with Gasteiger partial charge in [-0.25, -0.2) is 0 Å². The third-order valence-electron chi connectivity index (χ3n) is 3.10. The average molecular weight is 335 g/mol. The number of hydrogen-bond acceptors (Lipinski definition) is 4. The quantitative estimate of drug-likeness (QED) is 0.638. The molecule has 1 N–H and O–H groups in total. The molecule has 0 bridgehead atoms. The lowest BCUT2D eigenvalue weighted by Crippen LogP contribution is -2.32. The second-order valence-corrected chi connectivity index (χ2v) is 5.15. The molecule has 2 aromatic carbocycles. The van der Waals surface area contributed by atoms with Crippen LogP contribution < -0.4 is 10.1 Å². The standard InChI is InChI=1S/C16H15ClN2O4/c1-2-15(23-12-6-4-3-5-7-12)16(20)18-11-8-9-13(17)14(10-11)19(21)22/h3-10,15H,2H2,1H3,(H,18,20)/t15-/m1/s1. The largest absolute Gasteiger partial charge is 0.481 e. The molecule has 7 heteroatoms. The van der Waals surface area contributed by atoms with E-state index in [1.807, 2.05) is 25.1 Å². The fraction of sp³-hybridized carbons (Fsp3) is 0.188. The van der Waals surface area contributed by atoms with E-state index in [2.05, 4.69) is 5.32 Å². The Labute approximate surface area is 138 Å². The molecule has 1 amide bonds. The van der Waals surface area contributed by atoms with Gasteiger partial charge in [0.15, 0.2) is 6.10 Å². The van der Waals surface area contributed by atoms with Crippen LogP contribution in [-0.4, -0.2) is 16.9 Å². The Morgan fingerprint density at radius 2 is 2.00 bits per heavy atom. The van der Waals surface area contributed by atoms with Crippen molar-refractivity contribution < 1.29 is 14.5 Å². The highest BCUT2D eigenvalue weighted by molar-refractivity contribution is 6.32. The lowest BCUT2D eigenvalue weighted by atomic mass is 10.2. The first-order valence-corrected chi connectivity index (χ1v) is 7.35. The number of benzene rings is 2. The molecule has 2 aromatic rings. The number of nitrogens with zero attached hydrogens (tertiary/aromatic N) is 1. The highest BCUT2D eigenvalue weighted by Crippen LogP contribution is 2.27. The van der Waals surface area contributed by atoms with Crippen LogP contribution in [-0.2, 0) is 4.79 Å². The summed E-state index contributed by atoms with van der Waals surface area (Å²) < 4.78 is 5.63. The highest BCUT2D eigenvalue weighted by atomic mass is 35.5. The van der Waals surface area contributed by atoms with Gasteiger partial charge in [-0.05, 0) is 30.7 Å². The Bertz CT molecular complexity index is 706. The van der Waals surface area contributed by atoms with Gasteiger partial charge in [0.25, 0.3) is 11.6 Å². The van der Waals surface area contributed by atoms with Gasteiger partial charge in [-0.3, -0.25) is 14.9 Å². The fourth-order valence-electron chi connectivity index (χ4n) is 1.94. The van der Waals surface area contributed by atoms with Crippen molar-refractivity contribution in [1.82, 2.24) is 0 Å². The third kappa shape index (κ3) is 4.43. The van der Waals surface area contributed by atoms with Gasteiger partial charge in [0.2, 0.25) is 0 Å². The molecule has 1 atom stereocenters. The Hall–Kier alpha value is -2.60. The minimum absolute atomic E-state index is 0.0144. The van der Waals surface area contributed by atoms with Gasteiger partial charge in [0.1, 0.15) is 10.8 Å². The number of halogens is 1. The topological polar surface area (TPSA) is 81.5 Å². The fourth-order valence-corrected chi connectivity index (χ4v) is 2.13. The second-order valence-electron chi connectivity index (χ2n) is 4.74. The van der Waals surface area contributed by atoms with E-state index >= 15 is 0 Å². The van der Waals surface area contributed by atoms with Gasteiger partial charge in [0.05, 0.1) is 4.92 Å². The summed E-state index contributed by atoms with van der Waals surface area (Å²) in [6.07, 6.45) is -0.247. The molecule has 0 spiro atoms. The van der Waals surface area contributed by atoms with Crippen LogP contribution in [0.3, 0.4) is 0 Å². The van der Waals surface area contributed by atoms with Crippen LogP contribution in [0.5, 0.6) is 5.75 Å². The van der Waals surface area contributed by atoms with Gasteiger partial charge in [0, 0.05) is 11.8 Å². The number of carbonyl (C=O) groups excluding carboxylic acids is 1. The van der Waals surface area contributed by atoms with Crippen LogP contribution in [0.1, 0.15) is 13.3 Å². The molecule has 0 aliphatic heterocycles. The summed E-state index contributed by atoms with van der Waals surface area (Å²) in [7, 11) is 0. The highest BCUT2D eigenvalue weighted by Gasteiger charge is 2.20. The zero-order chi connectivity index (χ0) is 16.8. The van der Waals surface area contributed by atoms with Crippen LogP contribution in [0.15, 0.2) is 48.5 Å². The van der Waals surface area contributed by atoms with E-state index in [4.69, 9.17) is 16.3 Å². The van der Waals surface area contributed by atoms with Crippen molar-refractivity contribution in [2.45, 2.75) is 19.4 Å². The number of amides is 1. The molecule has 0 aliphatic carbocycles. The van der Waals surface area contributed by atoms with E-state index in [9.17, 15) is 14.9 Å². The molecular formula is C16H15ClN2O4. The first-order chi connectivity index (χ1) is 11.0. The van der Waals surface area contributed by atoms with E-state index < -0.39 is 11.0 Å². The zero-order valence-corrected chi connectivity index (χ0v) is 13.1. The molecule has 120 valence electrons. The number of hydrogen-bond donors (Lipinski definition) is 1. The SMILES string of the molecule is CC[C@@H](Oc1ccccc1)C(=O)Nc1ccc(Cl)c([N+](=O)[O-])c1. The lowest BCUT2D eigenvalue weighted by Gasteiger charge is -2.17. The minimum Gasteiger partial charge on any atom is -0.481 e. The third-order valence-corrected chi connectivity index (χ3v) is 3.41. The van der Waals surface area contributed by atoms with E-state index in [1.54, 1.807) is 12.1 Å². The number of carbonyl (C=O) groups is 1. The van der Waals surface area contributed by atoms with Crippen molar-refractivity contribution in [3.8, 4) is 5.75 Å². The minimum atomic E-state index is -0.702. The summed E-state index contributed by atoms with van der Waals surface area (Å²) in [6, 6.07) is 13.1. The van der Waals surface area contributed by atoms with E-state index in [0.717, 1.165) is 0 Å². The van der Waals surface area contributed by atoms with Gasteiger partial charge >= 0.3 is 0 Å². The Morgan fingerprint density at radius 3 is 2.61 bits per heavy atom. The average Bonchev–Trinajstić information content (AvgIpc) is 2.55. The Balaban J connectivity index is 2.10. The van der Waals surface area contributed by atoms with Crippen molar-refractivity contribution in [2.75, 3.05) is 5.32 Å². The van der Waals surface area contributed by atoms with E-state index in [0.29, 0.717) is 17.9 Å². The van der Waals surface area contributed by atoms with E-state index in [-0.39, 0.29) is 16.6 Å². The van der Waals surface area contributed by atoms with Crippen molar-refractivity contribution in [3.05, 3.63) is 63.7 Å². The number of nitrogens with one attached hydrogen (secondary N) is 1. The van der Waals surface area contributed by atoms with Crippen LogP contribution >= 0.6 is 11.6 Å². The summed E-state index contributed by atoms with van der Waals surface area (Å²) in [6.45, 7) is 1.82. The summed E-state index contributed by atoms with van der Waals surface area (Å²) in [5.74, 6) is 0.199. The first kappa shape index (κ1) is 16.8. The van der Waals surface area contributed by atoms with Crippen molar-refractivity contribution in [2.24, 2.45) is 0 Å². The van der Waals surface area contributed by atoms with Crippen LogP contribution in [0.2, 0.25) is 5.02 Å². The molecule has 0 aromatic heterocycles. The predicted octanol–water partition coefficient (Wildman–Crippen LogP) is 4.04. The van der Waals surface area contributed by atoms with Gasteiger partial charge < -0.3 is 10.1 Å². The summed E-state index contributed by atoms with van der Waals surface area (Å²) in [5, 5.41) is 13.5. The second kappa shape index (κ2) is 7.60. The van der Waals surface area contributed by atoms with E-state index in [1.165, 1.54) is 18.2 Å². The van der Waals surface area contributed by atoms with Gasteiger partial charge in [-0.2, -0.15) is 0 Å². The molecular weight excluding hydrogens is 320 g/mol. The number of nitro groups is 1. The number of rotatable bonds is 6. The molecule has 0 saturated heterocycles. The molecule has 23 heavy (non-hydrogen) atoms. The predicted molar refractivity (Wildman–Crippen MR) is 87.9 cm³/mol. The maximum Gasteiger partial charge on any atom is 0.289 e. The summed E-state index contributed by atoms with van der Waals surface area (Å²) >= 11 is 5.75. The molecule has 0 unspecified atom stereocenters. The molecule has 0 radical (unpaired) electrons. The van der Waals surface area contributed by atoms with Crippen molar-refractivity contribution >= 4 is 28.9 Å². The normalized spacial score (nSPS) is 11.6. The smallest absolute Gasteiger partial charge is 0.289 e. The van der Waals surface area contributed by atoms with Gasteiger partial charge in [-0.1, -0.05) is 36.7 Å². The molecule has 0 aliphatic rings. The molecule has 2 rings (SSSR count). The van der Waals surface area contributed by atoms with Crippen LogP contribution in [0, 0.1) is 10.1 Å². The number of nitro benzene ring substituents is 1. The molecule has 0 heterocycles. The Morgan fingerprint density at radius 1 is 1.30 bits per heavy atom.